The lowest BCUT2D eigenvalue weighted by Gasteiger charge is -2.27. The first-order chi connectivity index (χ1) is 8.62. The van der Waals surface area contributed by atoms with Crippen LogP contribution in [0.4, 0.5) is 5.82 Å². The zero-order chi connectivity index (χ0) is 13.0. The summed E-state index contributed by atoms with van der Waals surface area (Å²) in [5.41, 5.74) is 8.20. The Hall–Kier alpha value is -1.16. The molecule has 0 spiro atoms. The third-order valence-electron chi connectivity index (χ3n) is 3.60. The predicted molar refractivity (Wildman–Crippen MR) is 74.7 cm³/mol. The van der Waals surface area contributed by atoms with E-state index in [4.69, 9.17) is 5.73 Å². The average Bonchev–Trinajstić information content (AvgIpc) is 2.54. The third-order valence-corrected chi connectivity index (χ3v) is 3.60. The molecule has 0 radical (unpaired) electrons. The van der Waals surface area contributed by atoms with E-state index < -0.39 is 0 Å². The van der Waals surface area contributed by atoms with Crippen LogP contribution < -0.4 is 11.1 Å². The number of rotatable bonds is 4. The quantitative estimate of drug-likeness (QED) is 0.802. The number of hydrogen-bond donors (Lipinski definition) is 2. The smallest absolute Gasteiger partial charge is 0.133 e. The summed E-state index contributed by atoms with van der Waals surface area (Å²) in [4.78, 5) is 8.88. The second kappa shape index (κ2) is 5.65. The van der Waals surface area contributed by atoms with Gasteiger partial charge in [0.2, 0.25) is 0 Å². The highest BCUT2D eigenvalue weighted by Gasteiger charge is 2.21. The van der Waals surface area contributed by atoms with E-state index in [9.17, 15) is 0 Å². The van der Waals surface area contributed by atoms with Crippen molar-refractivity contribution in [1.29, 1.82) is 0 Å². The van der Waals surface area contributed by atoms with Gasteiger partial charge in [0, 0.05) is 16.8 Å². The number of nitrogens with one attached hydrogen (secondary N) is 1. The highest BCUT2D eigenvalue weighted by molar-refractivity contribution is 5.48. The number of anilines is 1. The normalized spacial score (nSPS) is 15.9. The van der Waals surface area contributed by atoms with Crippen molar-refractivity contribution in [2.24, 2.45) is 5.73 Å². The molecule has 0 atom stereocenters. The van der Waals surface area contributed by atoms with Gasteiger partial charge in [-0.3, -0.25) is 0 Å². The average molecular weight is 248 g/mol. The first-order valence-electron chi connectivity index (χ1n) is 6.93. The molecule has 2 rings (SSSR count). The van der Waals surface area contributed by atoms with Crippen LogP contribution in [-0.2, 0) is 12.8 Å². The van der Waals surface area contributed by atoms with E-state index in [0.717, 1.165) is 25.1 Å². The number of hydrogen-bond acceptors (Lipinski definition) is 4. The van der Waals surface area contributed by atoms with Crippen molar-refractivity contribution in [3.8, 4) is 0 Å². The van der Waals surface area contributed by atoms with E-state index in [2.05, 4.69) is 29.1 Å². The Bertz CT molecular complexity index is 401. The molecular weight excluding hydrogens is 224 g/mol. The first kappa shape index (κ1) is 13.3. The van der Waals surface area contributed by atoms with E-state index in [1.165, 1.54) is 30.5 Å². The molecule has 0 aliphatic heterocycles. The molecule has 1 heterocycles. The maximum absolute atomic E-state index is 5.66. The number of nitrogens with zero attached hydrogens (tertiary/aromatic N) is 2. The summed E-state index contributed by atoms with van der Waals surface area (Å²) in [7, 11) is 0. The molecule has 3 N–H and O–H groups in total. The van der Waals surface area contributed by atoms with Crippen molar-refractivity contribution in [2.75, 3.05) is 11.9 Å². The number of aryl methyl sites for hydroxylation is 1. The van der Waals surface area contributed by atoms with Gasteiger partial charge in [-0.15, -0.1) is 0 Å². The minimum Gasteiger partial charge on any atom is -0.365 e. The fourth-order valence-corrected chi connectivity index (χ4v) is 2.55. The largest absolute Gasteiger partial charge is 0.365 e. The Balaban J connectivity index is 2.23. The SMILES string of the molecule is CC(C)(CCN)Nc1ncnc2c1CCCCC2. The summed E-state index contributed by atoms with van der Waals surface area (Å²) in [5, 5.41) is 3.54. The van der Waals surface area contributed by atoms with Gasteiger partial charge < -0.3 is 11.1 Å². The van der Waals surface area contributed by atoms with Crippen molar-refractivity contribution >= 4 is 5.82 Å². The van der Waals surface area contributed by atoms with Crippen LogP contribution in [0.1, 0.15) is 50.8 Å². The Labute approximate surface area is 109 Å². The Morgan fingerprint density at radius 2 is 2.00 bits per heavy atom. The van der Waals surface area contributed by atoms with Crippen molar-refractivity contribution in [3.63, 3.8) is 0 Å². The maximum atomic E-state index is 5.66. The van der Waals surface area contributed by atoms with Crippen LogP contribution >= 0.6 is 0 Å². The van der Waals surface area contributed by atoms with Crippen LogP contribution in [-0.4, -0.2) is 22.1 Å². The van der Waals surface area contributed by atoms with Gasteiger partial charge in [0.25, 0.3) is 0 Å². The molecule has 1 aliphatic carbocycles. The molecule has 0 aromatic carbocycles. The molecule has 1 aromatic rings. The minimum atomic E-state index is -0.0107. The molecule has 0 fully saturated rings. The molecule has 18 heavy (non-hydrogen) atoms. The number of aromatic nitrogens is 2. The van der Waals surface area contributed by atoms with Crippen LogP contribution in [0.2, 0.25) is 0 Å². The zero-order valence-electron chi connectivity index (χ0n) is 11.5. The molecule has 0 saturated carbocycles. The van der Waals surface area contributed by atoms with Crippen molar-refractivity contribution in [3.05, 3.63) is 17.6 Å². The highest BCUT2D eigenvalue weighted by Crippen LogP contribution is 2.26. The number of fused-ring (bicyclic) bond motifs is 1. The van der Waals surface area contributed by atoms with Gasteiger partial charge in [0.05, 0.1) is 0 Å². The lowest BCUT2D eigenvalue weighted by Crippen LogP contribution is -2.34. The second-order valence-corrected chi connectivity index (χ2v) is 5.76. The molecule has 0 saturated heterocycles. The van der Waals surface area contributed by atoms with Crippen molar-refractivity contribution in [2.45, 2.75) is 57.9 Å². The Morgan fingerprint density at radius 3 is 2.78 bits per heavy atom. The molecule has 1 aromatic heterocycles. The molecule has 1 aliphatic rings. The standard InChI is InChI=1S/C14H24N4/c1-14(2,8-9-15)18-13-11-6-4-3-5-7-12(11)16-10-17-13/h10H,3-9,15H2,1-2H3,(H,16,17,18). The third kappa shape index (κ3) is 3.19. The van der Waals surface area contributed by atoms with Crippen LogP contribution in [0.3, 0.4) is 0 Å². The minimum absolute atomic E-state index is 0.0107. The summed E-state index contributed by atoms with van der Waals surface area (Å²) in [5.74, 6) is 1.01. The zero-order valence-corrected chi connectivity index (χ0v) is 11.5. The van der Waals surface area contributed by atoms with Gasteiger partial charge in [-0.2, -0.15) is 0 Å². The van der Waals surface area contributed by atoms with Gasteiger partial charge in [-0.25, -0.2) is 9.97 Å². The van der Waals surface area contributed by atoms with Gasteiger partial charge >= 0.3 is 0 Å². The highest BCUT2D eigenvalue weighted by atomic mass is 15.1. The topological polar surface area (TPSA) is 63.8 Å². The molecule has 100 valence electrons. The van der Waals surface area contributed by atoms with Crippen LogP contribution in [0.25, 0.3) is 0 Å². The fraction of sp³-hybridized carbons (Fsp3) is 0.714. The Morgan fingerprint density at radius 1 is 1.22 bits per heavy atom. The second-order valence-electron chi connectivity index (χ2n) is 5.76. The van der Waals surface area contributed by atoms with E-state index >= 15 is 0 Å². The lowest BCUT2D eigenvalue weighted by molar-refractivity contribution is 0.523. The predicted octanol–water partition coefficient (Wildman–Crippen LogP) is 2.28. The lowest BCUT2D eigenvalue weighted by atomic mass is 9.99. The van der Waals surface area contributed by atoms with Crippen LogP contribution in [0, 0.1) is 0 Å². The monoisotopic (exact) mass is 248 g/mol. The van der Waals surface area contributed by atoms with Gasteiger partial charge in [-0.05, 0) is 52.5 Å². The van der Waals surface area contributed by atoms with Gasteiger partial charge in [0.1, 0.15) is 12.1 Å². The summed E-state index contributed by atoms with van der Waals surface area (Å²) in [6.07, 6.45) is 8.59. The van der Waals surface area contributed by atoms with E-state index in [1.54, 1.807) is 6.33 Å². The van der Waals surface area contributed by atoms with Crippen LogP contribution in [0.15, 0.2) is 6.33 Å². The number of nitrogens with two attached hydrogens (primary N) is 1. The summed E-state index contributed by atoms with van der Waals surface area (Å²) in [6.45, 7) is 5.03. The van der Waals surface area contributed by atoms with Crippen molar-refractivity contribution < 1.29 is 0 Å². The van der Waals surface area contributed by atoms with E-state index in [0.29, 0.717) is 6.54 Å². The fourth-order valence-electron chi connectivity index (χ4n) is 2.55. The summed E-state index contributed by atoms with van der Waals surface area (Å²) >= 11 is 0. The Kier molecular flexibility index (Phi) is 4.17. The summed E-state index contributed by atoms with van der Waals surface area (Å²) in [6, 6.07) is 0. The van der Waals surface area contributed by atoms with E-state index in [-0.39, 0.29) is 5.54 Å². The molecule has 0 unspecified atom stereocenters. The molecule has 4 heteroatoms. The van der Waals surface area contributed by atoms with Crippen molar-refractivity contribution in [1.82, 2.24) is 9.97 Å². The van der Waals surface area contributed by atoms with Gasteiger partial charge in [-0.1, -0.05) is 6.42 Å². The molecular formula is C14H24N4. The molecule has 4 nitrogen and oxygen atoms in total. The first-order valence-corrected chi connectivity index (χ1v) is 6.93. The molecule has 0 amide bonds. The molecule has 0 bridgehead atoms. The summed E-state index contributed by atoms with van der Waals surface area (Å²) < 4.78 is 0. The van der Waals surface area contributed by atoms with E-state index in [1.807, 2.05) is 0 Å². The maximum Gasteiger partial charge on any atom is 0.133 e. The van der Waals surface area contributed by atoms with Crippen LogP contribution in [0.5, 0.6) is 0 Å². The van der Waals surface area contributed by atoms with Gasteiger partial charge in [0.15, 0.2) is 0 Å².